The van der Waals surface area contributed by atoms with Gasteiger partial charge in [0.2, 0.25) is 0 Å². The molecule has 1 aromatic heterocycles. The van der Waals surface area contributed by atoms with E-state index in [0.717, 1.165) is 19.1 Å². The number of hydrogen-bond acceptors (Lipinski definition) is 2. The molecular formula is C13H22N2O. The molecule has 1 aliphatic carbocycles. The maximum atomic E-state index is 5.64. The van der Waals surface area contributed by atoms with Crippen molar-refractivity contribution in [1.82, 2.24) is 9.88 Å². The van der Waals surface area contributed by atoms with Gasteiger partial charge in [-0.15, -0.1) is 0 Å². The number of hydrogen-bond donors (Lipinski definition) is 1. The van der Waals surface area contributed by atoms with Gasteiger partial charge in [0.1, 0.15) is 6.73 Å². The van der Waals surface area contributed by atoms with Gasteiger partial charge >= 0.3 is 0 Å². The van der Waals surface area contributed by atoms with Gasteiger partial charge in [-0.3, -0.25) is 0 Å². The smallest absolute Gasteiger partial charge is 0.122 e. The highest BCUT2D eigenvalue weighted by Crippen LogP contribution is 2.28. The van der Waals surface area contributed by atoms with Crippen LogP contribution in [-0.2, 0) is 11.5 Å². The fourth-order valence-corrected chi connectivity index (χ4v) is 1.83. The summed E-state index contributed by atoms with van der Waals surface area (Å²) in [6.07, 6.45) is 6.97. The van der Waals surface area contributed by atoms with Crippen molar-refractivity contribution in [3.05, 3.63) is 24.0 Å². The molecule has 0 radical (unpaired) electrons. The molecule has 1 aromatic rings. The van der Waals surface area contributed by atoms with Crippen LogP contribution < -0.4 is 5.32 Å². The van der Waals surface area contributed by atoms with E-state index < -0.39 is 0 Å². The normalized spacial score (nSPS) is 17.6. The van der Waals surface area contributed by atoms with Crippen molar-refractivity contribution in [1.29, 1.82) is 0 Å². The molecule has 1 saturated carbocycles. The summed E-state index contributed by atoms with van der Waals surface area (Å²) in [4.78, 5) is 0. The third-order valence-corrected chi connectivity index (χ3v) is 3.07. The highest BCUT2D eigenvalue weighted by Gasteiger charge is 2.21. The van der Waals surface area contributed by atoms with Crippen LogP contribution in [0.1, 0.15) is 38.3 Å². The van der Waals surface area contributed by atoms with Crippen LogP contribution in [0.5, 0.6) is 0 Å². The number of ether oxygens (including phenoxy) is 1. The van der Waals surface area contributed by atoms with E-state index in [4.69, 9.17) is 4.74 Å². The van der Waals surface area contributed by atoms with Crippen molar-refractivity contribution in [2.24, 2.45) is 5.92 Å². The lowest BCUT2D eigenvalue weighted by Crippen LogP contribution is -2.17. The highest BCUT2D eigenvalue weighted by molar-refractivity contribution is 5.14. The van der Waals surface area contributed by atoms with Gasteiger partial charge in [0.05, 0.1) is 6.61 Å². The van der Waals surface area contributed by atoms with Gasteiger partial charge in [0.15, 0.2) is 0 Å². The second kappa shape index (κ2) is 5.51. The molecule has 2 rings (SSSR count). The Kier molecular flexibility index (Phi) is 4.02. The second-order valence-corrected chi connectivity index (χ2v) is 4.68. The topological polar surface area (TPSA) is 26.2 Å². The monoisotopic (exact) mass is 222 g/mol. The lowest BCUT2D eigenvalue weighted by atomic mass is 10.2. The Balaban J connectivity index is 1.76. The highest BCUT2D eigenvalue weighted by atomic mass is 16.5. The third-order valence-electron chi connectivity index (χ3n) is 3.07. The van der Waals surface area contributed by atoms with Gasteiger partial charge in [0.25, 0.3) is 0 Å². The molecule has 1 aliphatic rings. The molecule has 0 saturated heterocycles. The molecular weight excluding hydrogens is 200 g/mol. The molecule has 1 atom stereocenters. The van der Waals surface area contributed by atoms with Crippen molar-refractivity contribution in [3.8, 4) is 0 Å². The fourth-order valence-electron chi connectivity index (χ4n) is 1.83. The van der Waals surface area contributed by atoms with Gasteiger partial charge < -0.3 is 14.6 Å². The standard InChI is InChI=1S/C13H22N2O/c1-3-14-11(2)13-6-7-15(8-13)10-16-9-12-4-5-12/h6-8,11-12,14H,3-5,9-10H2,1-2H3. The zero-order valence-corrected chi connectivity index (χ0v) is 10.3. The minimum Gasteiger partial charge on any atom is -0.361 e. The summed E-state index contributed by atoms with van der Waals surface area (Å²) in [5, 5.41) is 3.41. The first-order chi connectivity index (χ1) is 7.79. The maximum Gasteiger partial charge on any atom is 0.122 e. The second-order valence-electron chi connectivity index (χ2n) is 4.68. The van der Waals surface area contributed by atoms with Crippen LogP contribution in [0.3, 0.4) is 0 Å². The van der Waals surface area contributed by atoms with Crippen molar-refractivity contribution in [2.75, 3.05) is 13.2 Å². The van der Waals surface area contributed by atoms with Crippen LogP contribution in [-0.4, -0.2) is 17.7 Å². The van der Waals surface area contributed by atoms with Crippen molar-refractivity contribution in [3.63, 3.8) is 0 Å². The molecule has 1 unspecified atom stereocenters. The van der Waals surface area contributed by atoms with E-state index in [9.17, 15) is 0 Å². The zero-order chi connectivity index (χ0) is 11.4. The summed E-state index contributed by atoms with van der Waals surface area (Å²) in [6.45, 7) is 6.94. The molecule has 90 valence electrons. The molecule has 0 bridgehead atoms. The average molecular weight is 222 g/mol. The van der Waals surface area contributed by atoms with E-state index in [1.165, 1.54) is 18.4 Å². The number of rotatable bonds is 7. The van der Waals surface area contributed by atoms with Crippen LogP contribution in [0.4, 0.5) is 0 Å². The van der Waals surface area contributed by atoms with Crippen LogP contribution in [0.25, 0.3) is 0 Å². The SMILES string of the molecule is CCNC(C)c1ccn(COCC2CC2)c1. The first kappa shape index (κ1) is 11.7. The van der Waals surface area contributed by atoms with Crippen LogP contribution in [0, 0.1) is 5.92 Å². The Hall–Kier alpha value is -0.800. The Morgan fingerprint density at radius 1 is 1.56 bits per heavy atom. The summed E-state index contributed by atoms with van der Waals surface area (Å²) < 4.78 is 7.76. The van der Waals surface area contributed by atoms with Gasteiger partial charge in [-0.1, -0.05) is 6.92 Å². The largest absolute Gasteiger partial charge is 0.361 e. The molecule has 0 aliphatic heterocycles. The number of aromatic nitrogens is 1. The summed E-state index contributed by atoms with van der Waals surface area (Å²) >= 11 is 0. The quantitative estimate of drug-likeness (QED) is 0.767. The molecule has 1 heterocycles. The van der Waals surface area contributed by atoms with Crippen LogP contribution in [0.15, 0.2) is 18.5 Å². The van der Waals surface area contributed by atoms with Crippen molar-refractivity contribution < 1.29 is 4.74 Å². The summed E-state index contributed by atoms with van der Waals surface area (Å²) in [7, 11) is 0. The Morgan fingerprint density at radius 3 is 3.06 bits per heavy atom. The fraction of sp³-hybridized carbons (Fsp3) is 0.692. The molecule has 3 nitrogen and oxygen atoms in total. The zero-order valence-electron chi connectivity index (χ0n) is 10.3. The van der Waals surface area contributed by atoms with E-state index in [1.807, 2.05) is 0 Å². The predicted octanol–water partition coefficient (Wildman–Crippen LogP) is 2.54. The first-order valence-corrected chi connectivity index (χ1v) is 6.26. The third kappa shape index (κ3) is 3.35. The predicted molar refractivity (Wildman–Crippen MR) is 65.2 cm³/mol. The number of nitrogens with one attached hydrogen (secondary N) is 1. The van der Waals surface area contributed by atoms with E-state index in [2.05, 4.69) is 42.2 Å². The Bertz CT molecular complexity index is 317. The maximum absolute atomic E-state index is 5.64. The molecule has 1 N–H and O–H groups in total. The lowest BCUT2D eigenvalue weighted by Gasteiger charge is -2.10. The Morgan fingerprint density at radius 2 is 2.38 bits per heavy atom. The minimum atomic E-state index is 0.426. The van der Waals surface area contributed by atoms with E-state index >= 15 is 0 Å². The molecule has 3 heteroatoms. The summed E-state index contributed by atoms with van der Waals surface area (Å²) in [5.41, 5.74) is 1.33. The average Bonchev–Trinajstić information content (AvgIpc) is 2.95. The van der Waals surface area contributed by atoms with Crippen molar-refractivity contribution in [2.45, 2.75) is 39.5 Å². The van der Waals surface area contributed by atoms with Gasteiger partial charge in [-0.25, -0.2) is 0 Å². The molecule has 1 fully saturated rings. The minimum absolute atomic E-state index is 0.426. The molecule has 0 spiro atoms. The van der Waals surface area contributed by atoms with Crippen molar-refractivity contribution >= 4 is 0 Å². The van der Waals surface area contributed by atoms with E-state index in [-0.39, 0.29) is 0 Å². The van der Waals surface area contributed by atoms with Crippen LogP contribution >= 0.6 is 0 Å². The Labute approximate surface area is 97.8 Å². The van der Waals surface area contributed by atoms with E-state index in [1.54, 1.807) is 0 Å². The lowest BCUT2D eigenvalue weighted by molar-refractivity contribution is 0.0691. The summed E-state index contributed by atoms with van der Waals surface area (Å²) in [6, 6.07) is 2.59. The van der Waals surface area contributed by atoms with Gasteiger partial charge in [0, 0.05) is 18.4 Å². The summed E-state index contributed by atoms with van der Waals surface area (Å²) in [5.74, 6) is 0.843. The van der Waals surface area contributed by atoms with Gasteiger partial charge in [-0.2, -0.15) is 0 Å². The molecule has 0 amide bonds. The van der Waals surface area contributed by atoms with E-state index in [0.29, 0.717) is 12.8 Å². The molecule has 16 heavy (non-hydrogen) atoms. The van der Waals surface area contributed by atoms with Crippen LogP contribution in [0.2, 0.25) is 0 Å². The molecule has 0 aromatic carbocycles. The number of nitrogens with zero attached hydrogens (tertiary/aromatic N) is 1. The first-order valence-electron chi connectivity index (χ1n) is 6.26. The van der Waals surface area contributed by atoms with Gasteiger partial charge in [-0.05, 0) is 43.9 Å².